The summed E-state index contributed by atoms with van der Waals surface area (Å²) in [5.41, 5.74) is 0.706. The van der Waals surface area contributed by atoms with Gasteiger partial charge in [0.1, 0.15) is 17.1 Å². The van der Waals surface area contributed by atoms with Crippen molar-refractivity contribution in [3.63, 3.8) is 0 Å². The molecule has 7 nitrogen and oxygen atoms in total. The van der Waals surface area contributed by atoms with Crippen LogP contribution in [-0.2, 0) is 6.18 Å². The van der Waals surface area contributed by atoms with Crippen molar-refractivity contribution < 1.29 is 32.3 Å². The van der Waals surface area contributed by atoms with Crippen LogP contribution in [0, 0.1) is 10.1 Å². The van der Waals surface area contributed by atoms with E-state index in [0.717, 1.165) is 24.3 Å². The number of aromatic nitrogens is 1. The van der Waals surface area contributed by atoms with Crippen LogP contribution in [0.15, 0.2) is 67.0 Å². The lowest BCUT2D eigenvalue weighted by molar-refractivity contribution is -0.641. The summed E-state index contributed by atoms with van der Waals surface area (Å²) in [6, 6.07) is 10.9. The van der Waals surface area contributed by atoms with Gasteiger partial charge in [-0.1, -0.05) is 22.3 Å². The van der Waals surface area contributed by atoms with Gasteiger partial charge >= 0.3 is 12.1 Å². The van der Waals surface area contributed by atoms with E-state index in [0.29, 0.717) is 6.07 Å². The van der Waals surface area contributed by atoms with Crippen LogP contribution in [0.5, 0.6) is 11.5 Å². The van der Waals surface area contributed by atoms with Crippen molar-refractivity contribution in [3.05, 3.63) is 93.3 Å². The van der Waals surface area contributed by atoms with Gasteiger partial charge in [-0.05, 0) is 24.3 Å². The Kier molecular flexibility index (Phi) is 5.88. The summed E-state index contributed by atoms with van der Waals surface area (Å²) in [6.07, 6.45) is -1.53. The molecule has 0 aliphatic heterocycles. The fourth-order valence-electron chi connectivity index (χ4n) is 2.46. The molecular formula is C19H12ClF3N3O4+. The van der Waals surface area contributed by atoms with Gasteiger partial charge in [0.05, 0.1) is 15.5 Å². The number of nitrogens with zero attached hydrogens (tertiary/aromatic N) is 2. The Morgan fingerprint density at radius 3 is 2.40 bits per heavy atom. The number of amides is 1. The van der Waals surface area contributed by atoms with Gasteiger partial charge in [-0.15, -0.1) is 5.43 Å². The summed E-state index contributed by atoms with van der Waals surface area (Å²) in [6.45, 7) is 0. The number of ether oxygens (including phenoxy) is 1. The van der Waals surface area contributed by atoms with Crippen LogP contribution in [0.1, 0.15) is 15.9 Å². The largest absolute Gasteiger partial charge is 0.456 e. The number of benzene rings is 2. The van der Waals surface area contributed by atoms with Crippen LogP contribution in [0.4, 0.5) is 18.9 Å². The minimum atomic E-state index is -4.57. The highest BCUT2D eigenvalue weighted by molar-refractivity contribution is 6.32. The number of carbonyl (C=O) groups excluding carboxylic acids is 1. The Bertz CT molecular complexity index is 1110. The first-order chi connectivity index (χ1) is 14.1. The van der Waals surface area contributed by atoms with Crippen molar-refractivity contribution >= 4 is 23.2 Å². The van der Waals surface area contributed by atoms with Crippen LogP contribution < -0.4 is 14.8 Å². The van der Waals surface area contributed by atoms with E-state index in [1.54, 1.807) is 18.2 Å². The third-order valence-corrected chi connectivity index (χ3v) is 4.14. The third kappa shape index (κ3) is 4.84. The lowest BCUT2D eigenvalue weighted by atomic mass is 10.1. The summed E-state index contributed by atoms with van der Waals surface area (Å²) >= 11 is 5.86. The third-order valence-electron chi connectivity index (χ3n) is 3.84. The molecular weight excluding hydrogens is 427 g/mol. The van der Waals surface area contributed by atoms with Gasteiger partial charge in [0.25, 0.3) is 5.69 Å². The number of pyridine rings is 1. The van der Waals surface area contributed by atoms with E-state index in [4.69, 9.17) is 16.3 Å². The first kappa shape index (κ1) is 21.1. The zero-order valence-corrected chi connectivity index (χ0v) is 15.6. The molecule has 0 unspecified atom stereocenters. The molecule has 30 heavy (non-hydrogen) atoms. The van der Waals surface area contributed by atoms with E-state index in [1.807, 2.05) is 0 Å². The molecule has 0 bridgehead atoms. The monoisotopic (exact) mass is 438 g/mol. The van der Waals surface area contributed by atoms with Gasteiger partial charge in [-0.2, -0.15) is 13.2 Å². The molecule has 0 radical (unpaired) electrons. The quantitative estimate of drug-likeness (QED) is 0.354. The highest BCUT2D eigenvalue weighted by atomic mass is 35.5. The first-order valence-corrected chi connectivity index (χ1v) is 8.63. The molecule has 0 saturated heterocycles. The summed E-state index contributed by atoms with van der Waals surface area (Å²) in [7, 11) is 0. The standard InChI is InChI=1S/C19H11ClF3N3O4/c20-15-10-12(19(21,22)23)4-7-17(15)30-13-5-6-16(26(28)29)14(11-13)18(27)24-25-8-2-1-3-9-25/h1-11H/p+1. The van der Waals surface area contributed by atoms with E-state index in [2.05, 4.69) is 5.43 Å². The molecule has 1 amide bonds. The molecule has 11 heteroatoms. The smallest absolute Gasteiger partial charge is 0.416 e. The molecule has 0 aliphatic carbocycles. The predicted octanol–water partition coefficient (Wildman–Crippen LogP) is 4.73. The lowest BCUT2D eigenvalue weighted by Crippen LogP contribution is -2.47. The second kappa shape index (κ2) is 8.37. The summed E-state index contributed by atoms with van der Waals surface area (Å²) < 4.78 is 45.0. The minimum absolute atomic E-state index is 0.0227. The zero-order valence-electron chi connectivity index (χ0n) is 14.9. The number of nitrogens with one attached hydrogen (secondary N) is 1. The molecule has 1 heterocycles. The number of halogens is 4. The van der Waals surface area contributed by atoms with Crippen molar-refractivity contribution in [1.82, 2.24) is 0 Å². The molecule has 1 N–H and O–H groups in total. The molecule has 3 rings (SSSR count). The molecule has 3 aromatic rings. The van der Waals surface area contributed by atoms with Gasteiger partial charge in [-0.3, -0.25) is 14.9 Å². The maximum absolute atomic E-state index is 12.8. The fraction of sp³-hybridized carbons (Fsp3) is 0.0526. The van der Waals surface area contributed by atoms with Gasteiger partial charge in [0, 0.05) is 24.3 Å². The number of hydrogen-bond acceptors (Lipinski definition) is 4. The van der Waals surface area contributed by atoms with E-state index in [9.17, 15) is 28.1 Å². The maximum atomic E-state index is 12.8. The van der Waals surface area contributed by atoms with E-state index < -0.39 is 28.3 Å². The van der Waals surface area contributed by atoms with Crippen molar-refractivity contribution in [2.75, 3.05) is 5.43 Å². The lowest BCUT2D eigenvalue weighted by Gasteiger charge is -2.11. The number of hydrogen-bond donors (Lipinski definition) is 1. The van der Waals surface area contributed by atoms with Crippen molar-refractivity contribution in [3.8, 4) is 11.5 Å². The summed E-state index contributed by atoms with van der Waals surface area (Å²) in [5.74, 6) is -0.922. The first-order valence-electron chi connectivity index (χ1n) is 8.26. The average molecular weight is 439 g/mol. The van der Waals surface area contributed by atoms with Gasteiger partial charge in [-0.25, -0.2) is 0 Å². The average Bonchev–Trinajstić information content (AvgIpc) is 2.69. The molecule has 0 fully saturated rings. The normalized spacial score (nSPS) is 11.1. The highest BCUT2D eigenvalue weighted by Crippen LogP contribution is 2.37. The SMILES string of the molecule is O=C(N[n+]1ccccc1)c1cc(Oc2ccc(C(F)(F)F)cc2Cl)ccc1[N+](=O)[O-]. The van der Waals surface area contributed by atoms with Crippen LogP contribution >= 0.6 is 11.6 Å². The van der Waals surface area contributed by atoms with Gasteiger partial charge in [0.15, 0.2) is 12.4 Å². The Morgan fingerprint density at radius 2 is 1.80 bits per heavy atom. The Labute approximate surface area is 172 Å². The Morgan fingerprint density at radius 1 is 1.10 bits per heavy atom. The van der Waals surface area contributed by atoms with Crippen molar-refractivity contribution in [2.24, 2.45) is 0 Å². The molecule has 0 atom stereocenters. The van der Waals surface area contributed by atoms with Crippen molar-refractivity contribution in [1.29, 1.82) is 0 Å². The van der Waals surface area contributed by atoms with Crippen LogP contribution in [0.3, 0.4) is 0 Å². The fourth-order valence-corrected chi connectivity index (χ4v) is 2.68. The molecule has 0 spiro atoms. The van der Waals surface area contributed by atoms with Crippen LogP contribution in [0.25, 0.3) is 0 Å². The number of alkyl halides is 3. The topological polar surface area (TPSA) is 85.4 Å². The van der Waals surface area contributed by atoms with Crippen molar-refractivity contribution in [2.45, 2.75) is 6.18 Å². The zero-order chi connectivity index (χ0) is 21.9. The van der Waals surface area contributed by atoms with Gasteiger partial charge in [0.2, 0.25) is 0 Å². The van der Waals surface area contributed by atoms with E-state index in [-0.39, 0.29) is 22.1 Å². The second-order valence-electron chi connectivity index (χ2n) is 5.90. The number of rotatable bonds is 5. The minimum Gasteiger partial charge on any atom is -0.456 e. The second-order valence-corrected chi connectivity index (χ2v) is 6.31. The van der Waals surface area contributed by atoms with Crippen LogP contribution in [0.2, 0.25) is 5.02 Å². The molecule has 0 saturated carbocycles. The van der Waals surface area contributed by atoms with Gasteiger partial charge < -0.3 is 4.74 Å². The van der Waals surface area contributed by atoms with E-state index in [1.165, 1.54) is 23.1 Å². The molecule has 0 aliphatic rings. The maximum Gasteiger partial charge on any atom is 0.416 e. The summed E-state index contributed by atoms with van der Waals surface area (Å²) in [4.78, 5) is 23.1. The highest BCUT2D eigenvalue weighted by Gasteiger charge is 2.31. The predicted molar refractivity (Wildman–Crippen MR) is 100.0 cm³/mol. The van der Waals surface area contributed by atoms with E-state index >= 15 is 0 Å². The van der Waals surface area contributed by atoms with Crippen LogP contribution in [-0.4, -0.2) is 10.8 Å². The number of nitro benzene ring substituents is 1. The molecule has 2 aromatic carbocycles. The number of nitro groups is 1. The Balaban J connectivity index is 1.91. The molecule has 1 aromatic heterocycles. The Hall–Kier alpha value is -3.66. The summed E-state index contributed by atoms with van der Waals surface area (Å²) in [5, 5.41) is 11.0. The molecule has 154 valence electrons. The number of carbonyl (C=O) groups is 1.